The number of Topliss-reactive ketones (excluding diaryl/α,β-unsaturated/α-hetero) is 1. The number of hydrogen-bond donors (Lipinski definition) is 3. The number of aliphatic carboxylic acids is 1. The van der Waals surface area contributed by atoms with E-state index in [-0.39, 0.29) is 30.5 Å². The van der Waals surface area contributed by atoms with Crippen LogP contribution in [0.15, 0.2) is 24.3 Å². The third-order valence-corrected chi connectivity index (χ3v) is 10.1. The maximum absolute atomic E-state index is 14.2. The van der Waals surface area contributed by atoms with E-state index in [1.54, 1.807) is 25.7 Å². The van der Waals surface area contributed by atoms with E-state index in [0.29, 0.717) is 38.8 Å². The van der Waals surface area contributed by atoms with E-state index in [4.69, 9.17) is 9.47 Å². The van der Waals surface area contributed by atoms with Crippen molar-refractivity contribution in [2.45, 2.75) is 128 Å². The number of carboxylic acid groups (broad SMARTS) is 1. The van der Waals surface area contributed by atoms with Gasteiger partial charge in [-0.2, -0.15) is 0 Å². The normalized spacial score (nSPS) is 32.0. The van der Waals surface area contributed by atoms with Crippen LogP contribution in [0.5, 0.6) is 0 Å². The quantitative estimate of drug-likeness (QED) is 0.403. The smallest absolute Gasteiger partial charge is 0.410 e. The first-order valence-corrected chi connectivity index (χ1v) is 16.9. The fourth-order valence-corrected chi connectivity index (χ4v) is 7.63. The number of carbonyl (C=O) groups is 5. The molecule has 0 spiro atoms. The molecule has 2 aliphatic carbocycles. The van der Waals surface area contributed by atoms with Crippen LogP contribution >= 0.6 is 0 Å². The van der Waals surface area contributed by atoms with Gasteiger partial charge in [-0.05, 0) is 75.8 Å². The maximum Gasteiger partial charge on any atom is 0.410 e. The molecule has 5 rings (SSSR count). The lowest BCUT2D eigenvalue weighted by atomic mass is 9.86. The number of alkyl carbamates (subject to hydrolysis) is 1. The molecule has 3 fully saturated rings. The molecule has 46 heavy (non-hydrogen) atoms. The van der Waals surface area contributed by atoms with Crippen molar-refractivity contribution >= 4 is 29.8 Å². The zero-order valence-corrected chi connectivity index (χ0v) is 27.5. The molecule has 1 saturated heterocycles. The number of carboxylic acids is 1. The number of ketones is 1. The molecule has 2 aliphatic heterocycles. The van der Waals surface area contributed by atoms with Gasteiger partial charge in [0, 0.05) is 19.0 Å². The van der Waals surface area contributed by atoms with Crippen LogP contribution in [0, 0.1) is 17.8 Å². The van der Waals surface area contributed by atoms with Crippen molar-refractivity contribution in [3.05, 3.63) is 35.4 Å². The Morgan fingerprint density at radius 1 is 1.00 bits per heavy atom. The van der Waals surface area contributed by atoms with E-state index in [1.165, 1.54) is 5.56 Å². The highest BCUT2D eigenvalue weighted by Crippen LogP contribution is 2.48. The summed E-state index contributed by atoms with van der Waals surface area (Å²) in [5, 5.41) is 15.7. The number of amides is 3. The molecule has 11 heteroatoms. The molecule has 3 amide bonds. The molecule has 1 aromatic rings. The topological polar surface area (TPSA) is 151 Å². The van der Waals surface area contributed by atoms with Gasteiger partial charge in [0.2, 0.25) is 5.91 Å². The van der Waals surface area contributed by atoms with Gasteiger partial charge in [0.25, 0.3) is 0 Å². The van der Waals surface area contributed by atoms with E-state index in [9.17, 15) is 29.1 Å². The third-order valence-electron chi connectivity index (χ3n) is 10.1. The van der Waals surface area contributed by atoms with Gasteiger partial charge >= 0.3 is 18.2 Å². The Labute approximate surface area is 271 Å². The van der Waals surface area contributed by atoms with Crippen molar-refractivity contribution in [3.63, 3.8) is 0 Å². The molecule has 252 valence electrons. The number of ether oxygens (including phenoxy) is 2. The van der Waals surface area contributed by atoms with Crippen LogP contribution in [0.2, 0.25) is 0 Å². The zero-order valence-electron chi connectivity index (χ0n) is 27.5. The van der Waals surface area contributed by atoms with Crippen LogP contribution in [0.25, 0.3) is 0 Å². The van der Waals surface area contributed by atoms with Crippen LogP contribution in [0.3, 0.4) is 0 Å². The summed E-state index contributed by atoms with van der Waals surface area (Å²) in [5.74, 6) is -3.72. The zero-order chi connectivity index (χ0) is 33.2. The molecule has 1 aromatic carbocycles. The monoisotopic (exact) mass is 639 g/mol. The largest absolute Gasteiger partial charge is 0.479 e. The van der Waals surface area contributed by atoms with Crippen molar-refractivity contribution in [1.29, 1.82) is 0 Å². The van der Waals surface area contributed by atoms with Gasteiger partial charge in [0.15, 0.2) is 5.78 Å². The summed E-state index contributed by atoms with van der Waals surface area (Å²) in [6.45, 7) is 8.18. The number of benzene rings is 1. The number of hydrogen-bond acceptors (Lipinski definition) is 7. The predicted molar refractivity (Wildman–Crippen MR) is 169 cm³/mol. The van der Waals surface area contributed by atoms with Gasteiger partial charge in [-0.25, -0.2) is 14.4 Å². The first-order valence-electron chi connectivity index (χ1n) is 16.9. The summed E-state index contributed by atoms with van der Waals surface area (Å²) in [5.41, 5.74) is 0.145. The summed E-state index contributed by atoms with van der Waals surface area (Å²) >= 11 is 0. The van der Waals surface area contributed by atoms with Crippen molar-refractivity contribution in [3.8, 4) is 0 Å². The van der Waals surface area contributed by atoms with E-state index < -0.39 is 59.2 Å². The van der Waals surface area contributed by atoms with Crippen molar-refractivity contribution in [2.75, 3.05) is 6.54 Å². The minimum atomic E-state index is -1.34. The van der Waals surface area contributed by atoms with E-state index >= 15 is 0 Å². The SMILES string of the molecule is C[C@H]1CN(C(=O)O[C@H]2CC3C(=O)[C@@H](NC(=O)OC(C)(C)C)CCCCCCC[C@@H]4C[C@@]4(C(=O)O)NC(=O)[C@@H]3C2)Cc2ccccc21. The molecule has 0 radical (unpaired) electrons. The molecule has 2 heterocycles. The molecule has 0 aromatic heterocycles. The Kier molecular flexibility index (Phi) is 9.98. The second kappa shape index (κ2) is 13.6. The Hall–Kier alpha value is -3.63. The van der Waals surface area contributed by atoms with Crippen molar-refractivity contribution in [1.82, 2.24) is 15.5 Å². The highest BCUT2D eigenvalue weighted by Gasteiger charge is 2.62. The molecule has 11 nitrogen and oxygen atoms in total. The fourth-order valence-electron chi connectivity index (χ4n) is 7.63. The Morgan fingerprint density at radius 3 is 2.39 bits per heavy atom. The average Bonchev–Trinajstić information content (AvgIpc) is 3.52. The Morgan fingerprint density at radius 2 is 1.67 bits per heavy atom. The lowest BCUT2D eigenvalue weighted by Crippen LogP contribution is -2.50. The number of nitrogens with one attached hydrogen (secondary N) is 2. The lowest BCUT2D eigenvalue weighted by Gasteiger charge is -2.33. The highest BCUT2D eigenvalue weighted by molar-refractivity contribution is 5.96. The minimum absolute atomic E-state index is 0.0908. The molecule has 3 N–H and O–H groups in total. The molecule has 7 atom stereocenters. The lowest BCUT2D eigenvalue weighted by molar-refractivity contribution is -0.145. The predicted octanol–water partition coefficient (Wildman–Crippen LogP) is 5.30. The Balaban J connectivity index is 1.36. The van der Waals surface area contributed by atoms with E-state index in [1.807, 2.05) is 18.2 Å². The van der Waals surface area contributed by atoms with Gasteiger partial charge in [-0.3, -0.25) is 9.59 Å². The Bertz CT molecular complexity index is 1340. The van der Waals surface area contributed by atoms with Crippen LogP contribution in [-0.2, 0) is 30.4 Å². The molecule has 4 aliphatic rings. The highest BCUT2D eigenvalue weighted by atomic mass is 16.6. The number of rotatable bonds is 3. The van der Waals surface area contributed by atoms with Crippen LogP contribution < -0.4 is 10.6 Å². The summed E-state index contributed by atoms with van der Waals surface area (Å²) in [4.78, 5) is 68.4. The fraction of sp³-hybridized carbons (Fsp3) is 0.686. The van der Waals surface area contributed by atoms with Gasteiger partial charge in [0.1, 0.15) is 17.2 Å². The second-order valence-corrected chi connectivity index (χ2v) is 14.8. The van der Waals surface area contributed by atoms with Gasteiger partial charge in [-0.15, -0.1) is 0 Å². The van der Waals surface area contributed by atoms with Gasteiger partial charge < -0.3 is 30.1 Å². The average molecular weight is 640 g/mol. The molecule has 0 bridgehead atoms. The van der Waals surface area contributed by atoms with Crippen LogP contribution in [-0.4, -0.2) is 69.7 Å². The first kappa shape index (κ1) is 33.7. The summed E-state index contributed by atoms with van der Waals surface area (Å²) in [6, 6.07) is 7.10. The van der Waals surface area contributed by atoms with Crippen LogP contribution in [0.1, 0.15) is 109 Å². The van der Waals surface area contributed by atoms with Crippen LogP contribution in [0.4, 0.5) is 9.59 Å². The van der Waals surface area contributed by atoms with Gasteiger partial charge in [0.05, 0.1) is 12.0 Å². The number of nitrogens with zero attached hydrogens (tertiary/aromatic N) is 1. The van der Waals surface area contributed by atoms with Crippen molar-refractivity contribution < 1.29 is 38.6 Å². The van der Waals surface area contributed by atoms with E-state index in [2.05, 4.69) is 23.6 Å². The first-order chi connectivity index (χ1) is 21.8. The standard InChI is InChI=1S/C35H49N3O8/c1-21-19-38(20-22-12-10-11-14-25(21)22)33(44)45-24-16-26-27(17-24)30(40)37-35(31(41)42)18-23(35)13-8-6-5-7-9-15-28(29(26)39)36-32(43)46-34(2,3)4/h10-12,14,21,23-24,26-28H,5-9,13,15-20H2,1-4H3,(H,36,43)(H,37,40)(H,41,42)/t21-,23+,24-,26?,27+,28-,35+/m0/s1. The summed E-state index contributed by atoms with van der Waals surface area (Å²) in [7, 11) is 0. The number of fused-ring (bicyclic) bond motifs is 3. The summed E-state index contributed by atoms with van der Waals surface area (Å²) < 4.78 is 11.4. The van der Waals surface area contributed by atoms with Gasteiger partial charge in [-0.1, -0.05) is 63.3 Å². The van der Waals surface area contributed by atoms with Crippen molar-refractivity contribution in [2.24, 2.45) is 17.8 Å². The molecular weight excluding hydrogens is 590 g/mol. The third kappa shape index (κ3) is 7.66. The molecule has 1 unspecified atom stereocenters. The summed E-state index contributed by atoms with van der Waals surface area (Å²) in [6.07, 6.45) is 3.99. The van der Waals surface area contributed by atoms with E-state index in [0.717, 1.165) is 31.2 Å². The molecular formula is C35H49N3O8. The second-order valence-electron chi connectivity index (χ2n) is 14.8. The minimum Gasteiger partial charge on any atom is -0.479 e. The molecule has 2 saturated carbocycles. The maximum atomic E-state index is 14.2. The number of carbonyl (C=O) groups excluding carboxylic acids is 4.